The number of carbonyl (C=O) groups excluding carboxylic acids is 1. The molecule has 5 aromatic rings. The van der Waals surface area contributed by atoms with Crippen LogP contribution in [0.4, 0.5) is 0 Å². The summed E-state index contributed by atoms with van der Waals surface area (Å²) in [6.07, 6.45) is 2.71. The van der Waals surface area contributed by atoms with Gasteiger partial charge in [0, 0.05) is 11.8 Å². The lowest BCUT2D eigenvalue weighted by atomic mass is 10.00. The summed E-state index contributed by atoms with van der Waals surface area (Å²) in [4.78, 5) is 13.6. The van der Waals surface area contributed by atoms with E-state index in [1.165, 1.54) is 0 Å². The quantitative estimate of drug-likeness (QED) is 0.260. The van der Waals surface area contributed by atoms with Gasteiger partial charge in [-0.3, -0.25) is 4.79 Å². The Morgan fingerprint density at radius 1 is 0.788 bits per heavy atom. The second-order valence-corrected chi connectivity index (χ2v) is 8.05. The van der Waals surface area contributed by atoms with Crippen LogP contribution in [0.1, 0.15) is 34.1 Å². The van der Waals surface area contributed by atoms with Crippen LogP contribution in [0.15, 0.2) is 109 Å². The number of hydrogen-bond acceptors (Lipinski definition) is 2. The standard InChI is InChI=1S/C30H25NO2/c1-2-23-20-27-28(33-21-22-10-5-3-6-11-22)14-9-19-31(27)29(23)30(32)26-17-15-25(16-18-26)24-12-7-4-8-13-24/h3-20H,2,21H2,1H3. The van der Waals surface area contributed by atoms with Crippen LogP contribution < -0.4 is 4.74 Å². The van der Waals surface area contributed by atoms with Crippen molar-refractivity contribution in [3.63, 3.8) is 0 Å². The summed E-state index contributed by atoms with van der Waals surface area (Å²) < 4.78 is 8.10. The van der Waals surface area contributed by atoms with Crippen molar-refractivity contribution in [1.82, 2.24) is 4.40 Å². The minimum absolute atomic E-state index is 0.0201. The molecule has 0 fully saturated rings. The molecule has 3 aromatic carbocycles. The molecule has 0 unspecified atom stereocenters. The van der Waals surface area contributed by atoms with Gasteiger partial charge in [0.25, 0.3) is 0 Å². The third-order valence-corrected chi connectivity index (χ3v) is 5.94. The van der Waals surface area contributed by atoms with Crippen molar-refractivity contribution in [2.45, 2.75) is 20.0 Å². The Hall–Kier alpha value is -4.11. The van der Waals surface area contributed by atoms with E-state index in [0.717, 1.165) is 39.9 Å². The van der Waals surface area contributed by atoms with Crippen LogP contribution in [0.5, 0.6) is 5.75 Å². The van der Waals surface area contributed by atoms with Gasteiger partial charge in [0.05, 0.1) is 11.2 Å². The first-order valence-corrected chi connectivity index (χ1v) is 11.2. The molecule has 0 aliphatic heterocycles. The molecule has 0 spiro atoms. The van der Waals surface area contributed by atoms with Crippen LogP contribution in [-0.2, 0) is 13.0 Å². The fourth-order valence-electron chi connectivity index (χ4n) is 4.19. The van der Waals surface area contributed by atoms with Crippen molar-refractivity contribution in [2.24, 2.45) is 0 Å². The second kappa shape index (κ2) is 9.17. The Morgan fingerprint density at radius 2 is 1.45 bits per heavy atom. The average Bonchev–Trinajstić information content (AvgIpc) is 3.27. The SMILES string of the molecule is CCc1cc2c(OCc3ccccc3)cccn2c1C(=O)c1ccc(-c2ccccc2)cc1. The van der Waals surface area contributed by atoms with Gasteiger partial charge in [0.1, 0.15) is 12.4 Å². The maximum atomic E-state index is 13.6. The fourth-order valence-corrected chi connectivity index (χ4v) is 4.19. The predicted molar refractivity (Wildman–Crippen MR) is 133 cm³/mol. The van der Waals surface area contributed by atoms with Gasteiger partial charge in [-0.1, -0.05) is 91.9 Å². The van der Waals surface area contributed by atoms with E-state index < -0.39 is 0 Å². The average molecular weight is 432 g/mol. The molecule has 33 heavy (non-hydrogen) atoms. The monoisotopic (exact) mass is 431 g/mol. The Morgan fingerprint density at radius 3 is 2.15 bits per heavy atom. The molecule has 0 saturated carbocycles. The van der Waals surface area contributed by atoms with Crippen molar-refractivity contribution >= 4 is 11.3 Å². The van der Waals surface area contributed by atoms with Crippen LogP contribution in [0, 0.1) is 0 Å². The summed E-state index contributed by atoms with van der Waals surface area (Å²) in [7, 11) is 0. The highest BCUT2D eigenvalue weighted by molar-refractivity contribution is 6.10. The third-order valence-electron chi connectivity index (χ3n) is 5.94. The molecule has 162 valence electrons. The first-order valence-electron chi connectivity index (χ1n) is 11.2. The topological polar surface area (TPSA) is 30.7 Å². The van der Waals surface area contributed by atoms with Crippen molar-refractivity contribution in [1.29, 1.82) is 0 Å². The number of benzene rings is 3. The molecule has 0 radical (unpaired) electrons. The van der Waals surface area contributed by atoms with Crippen molar-refractivity contribution in [3.8, 4) is 16.9 Å². The minimum Gasteiger partial charge on any atom is -0.487 e. The van der Waals surface area contributed by atoms with Gasteiger partial charge in [-0.25, -0.2) is 0 Å². The summed E-state index contributed by atoms with van der Waals surface area (Å²) in [5, 5.41) is 0. The molecule has 0 N–H and O–H groups in total. The van der Waals surface area contributed by atoms with Crippen LogP contribution >= 0.6 is 0 Å². The lowest BCUT2D eigenvalue weighted by Gasteiger charge is -2.10. The largest absolute Gasteiger partial charge is 0.487 e. The number of hydrogen-bond donors (Lipinski definition) is 0. The highest BCUT2D eigenvalue weighted by Gasteiger charge is 2.20. The molecule has 2 heterocycles. The van der Waals surface area contributed by atoms with Crippen LogP contribution in [0.2, 0.25) is 0 Å². The van der Waals surface area contributed by atoms with Crippen LogP contribution in [0.3, 0.4) is 0 Å². The predicted octanol–water partition coefficient (Wildman–Crippen LogP) is 6.98. The number of aryl methyl sites for hydroxylation is 1. The molecule has 2 aromatic heterocycles. The Balaban J connectivity index is 1.48. The molecular formula is C30H25NO2. The zero-order valence-corrected chi connectivity index (χ0v) is 18.6. The lowest BCUT2D eigenvalue weighted by molar-refractivity contribution is 0.103. The van der Waals surface area contributed by atoms with Crippen molar-refractivity contribution < 1.29 is 9.53 Å². The first-order chi connectivity index (χ1) is 16.2. The van der Waals surface area contributed by atoms with Gasteiger partial charge < -0.3 is 9.14 Å². The van der Waals surface area contributed by atoms with Crippen LogP contribution in [0.25, 0.3) is 16.6 Å². The van der Waals surface area contributed by atoms with E-state index in [0.29, 0.717) is 17.9 Å². The molecule has 0 aliphatic rings. The van der Waals surface area contributed by atoms with Crippen molar-refractivity contribution in [2.75, 3.05) is 0 Å². The van der Waals surface area contributed by atoms with E-state index in [1.54, 1.807) is 0 Å². The zero-order chi connectivity index (χ0) is 22.6. The molecule has 0 amide bonds. The van der Waals surface area contributed by atoms with Gasteiger partial charge in [-0.15, -0.1) is 0 Å². The first kappa shape index (κ1) is 20.8. The molecule has 3 nitrogen and oxygen atoms in total. The van der Waals surface area contributed by atoms with Gasteiger partial charge >= 0.3 is 0 Å². The summed E-state index contributed by atoms with van der Waals surface area (Å²) in [6, 6.07) is 34.1. The summed E-state index contributed by atoms with van der Waals surface area (Å²) >= 11 is 0. The number of ketones is 1. The fraction of sp³-hybridized carbons (Fsp3) is 0.100. The number of ether oxygens (including phenoxy) is 1. The van der Waals surface area contributed by atoms with E-state index >= 15 is 0 Å². The van der Waals surface area contributed by atoms with E-state index in [-0.39, 0.29) is 5.78 Å². The maximum Gasteiger partial charge on any atom is 0.210 e. The van der Waals surface area contributed by atoms with Crippen LogP contribution in [-0.4, -0.2) is 10.2 Å². The Labute approximate surface area is 193 Å². The molecule has 0 atom stereocenters. The molecule has 5 rings (SSSR count). The summed E-state index contributed by atoms with van der Waals surface area (Å²) in [5.74, 6) is 0.793. The van der Waals surface area contributed by atoms with Gasteiger partial charge in [-0.2, -0.15) is 0 Å². The van der Waals surface area contributed by atoms with E-state index in [2.05, 4.69) is 25.1 Å². The summed E-state index contributed by atoms with van der Waals surface area (Å²) in [6.45, 7) is 2.56. The van der Waals surface area contributed by atoms with Gasteiger partial charge in [0.15, 0.2) is 0 Å². The van der Waals surface area contributed by atoms with Crippen molar-refractivity contribution in [3.05, 3.63) is 132 Å². The molecule has 0 aliphatic carbocycles. The Kier molecular flexibility index (Phi) is 5.77. The smallest absolute Gasteiger partial charge is 0.210 e. The second-order valence-electron chi connectivity index (χ2n) is 8.05. The van der Waals surface area contributed by atoms with E-state index in [1.807, 2.05) is 95.5 Å². The number of fused-ring (bicyclic) bond motifs is 1. The summed E-state index contributed by atoms with van der Waals surface area (Å²) in [5.41, 5.74) is 6.65. The number of nitrogens with zero attached hydrogens (tertiary/aromatic N) is 1. The number of aromatic nitrogens is 1. The Bertz CT molecular complexity index is 1380. The molecule has 3 heteroatoms. The number of rotatable bonds is 7. The van der Waals surface area contributed by atoms with Gasteiger partial charge in [-0.05, 0) is 46.9 Å². The highest BCUT2D eigenvalue weighted by Crippen LogP contribution is 2.29. The maximum absolute atomic E-state index is 13.6. The third kappa shape index (κ3) is 4.18. The minimum atomic E-state index is 0.0201. The normalized spacial score (nSPS) is 10.9. The molecule has 0 saturated heterocycles. The zero-order valence-electron chi connectivity index (χ0n) is 18.6. The number of carbonyl (C=O) groups is 1. The molecule has 0 bridgehead atoms. The molecular weight excluding hydrogens is 406 g/mol. The highest BCUT2D eigenvalue weighted by atomic mass is 16.5. The number of pyridine rings is 1. The lowest BCUT2D eigenvalue weighted by Crippen LogP contribution is -2.08. The van der Waals surface area contributed by atoms with E-state index in [4.69, 9.17) is 4.74 Å². The van der Waals surface area contributed by atoms with E-state index in [9.17, 15) is 4.79 Å². The van der Waals surface area contributed by atoms with Gasteiger partial charge in [0.2, 0.25) is 5.78 Å².